The summed E-state index contributed by atoms with van der Waals surface area (Å²) >= 11 is 0. The Balaban J connectivity index is 1.56. The molecule has 1 aliphatic rings. The maximum atomic E-state index is 15.1. The van der Waals surface area contributed by atoms with Crippen LogP contribution in [-0.4, -0.2) is 50.6 Å². The first-order valence-corrected chi connectivity index (χ1v) is 16.9. The van der Waals surface area contributed by atoms with Gasteiger partial charge in [0.1, 0.15) is 23.1 Å². The van der Waals surface area contributed by atoms with Gasteiger partial charge in [-0.15, -0.1) is 0 Å². The van der Waals surface area contributed by atoms with E-state index in [2.05, 4.69) is 20.2 Å². The molecule has 250 valence electrons. The molecule has 2 aromatic heterocycles. The number of hydrogen-bond donors (Lipinski definition) is 1. The summed E-state index contributed by atoms with van der Waals surface area (Å²) in [5, 5.41) is 3.14. The molecule has 0 unspecified atom stereocenters. The number of anilines is 2. The molecule has 0 aliphatic carbocycles. The third-order valence-corrected chi connectivity index (χ3v) is 10.1. The molecule has 4 aromatic rings. The van der Waals surface area contributed by atoms with Crippen LogP contribution in [0.5, 0.6) is 11.5 Å². The van der Waals surface area contributed by atoms with Gasteiger partial charge in [-0.05, 0) is 73.3 Å². The van der Waals surface area contributed by atoms with Crippen LogP contribution >= 0.6 is 0 Å². The predicted octanol–water partition coefficient (Wildman–Crippen LogP) is 6.59. The van der Waals surface area contributed by atoms with Crippen molar-refractivity contribution in [1.29, 1.82) is 0 Å². The Bertz CT molecular complexity index is 1860. The Kier molecular flexibility index (Phi) is 10.0. The summed E-state index contributed by atoms with van der Waals surface area (Å²) in [6.07, 6.45) is 2.59. The Morgan fingerprint density at radius 2 is 1.74 bits per heavy atom. The van der Waals surface area contributed by atoms with E-state index >= 15 is 4.39 Å². The van der Waals surface area contributed by atoms with E-state index in [1.807, 2.05) is 33.8 Å². The summed E-state index contributed by atoms with van der Waals surface area (Å²) in [6, 6.07) is 14.1. The smallest absolute Gasteiger partial charge is 0.283 e. The largest absolute Gasteiger partial charge is 0.497 e. The van der Waals surface area contributed by atoms with Gasteiger partial charge >= 0.3 is 0 Å². The van der Waals surface area contributed by atoms with Crippen molar-refractivity contribution in [3.63, 3.8) is 0 Å². The van der Waals surface area contributed by atoms with Gasteiger partial charge in [0.2, 0.25) is 5.95 Å². The molecule has 0 bridgehead atoms. The van der Waals surface area contributed by atoms with Gasteiger partial charge in [0.15, 0.2) is 5.03 Å². The average Bonchev–Trinajstić information content (AvgIpc) is 3.00. The maximum Gasteiger partial charge on any atom is 0.283 e. The second kappa shape index (κ2) is 13.8. The second-order valence-electron chi connectivity index (χ2n) is 12.6. The summed E-state index contributed by atoms with van der Waals surface area (Å²) in [4.78, 5) is 10.7. The molecule has 5 rings (SSSR count). The first-order chi connectivity index (χ1) is 22.3. The molecule has 0 radical (unpaired) electrons. The molecule has 0 saturated carbocycles. The van der Waals surface area contributed by atoms with Gasteiger partial charge < -0.3 is 14.8 Å². The van der Waals surface area contributed by atoms with Crippen LogP contribution in [0.2, 0.25) is 0 Å². The van der Waals surface area contributed by atoms with Crippen LogP contribution in [0, 0.1) is 18.7 Å². The lowest BCUT2D eigenvalue weighted by Crippen LogP contribution is -2.36. The maximum absolute atomic E-state index is 15.1. The van der Waals surface area contributed by atoms with E-state index in [1.54, 1.807) is 24.3 Å². The summed E-state index contributed by atoms with van der Waals surface area (Å²) < 4.78 is 70.7. The standard InChI is InChI=1S/C35H41F2N5O4S/c1-23-29(38-19-27-24(10-7-11-28(27)36)21-41-16-9-17-41)20-39-34(33(23)35(2,3)4)47(43,44)42(32-13-8-12-31(37)40-32)22-25-14-15-26(45-5)18-30(25)46-6/h7-8,10-15,18,20,38H,9,16-17,19,21-22H2,1-6H3. The quantitative estimate of drug-likeness (QED) is 0.169. The summed E-state index contributed by atoms with van der Waals surface area (Å²) in [6.45, 7) is 10.2. The Morgan fingerprint density at radius 3 is 2.38 bits per heavy atom. The zero-order chi connectivity index (χ0) is 33.9. The highest BCUT2D eigenvalue weighted by atomic mass is 32.2. The zero-order valence-corrected chi connectivity index (χ0v) is 28.4. The van der Waals surface area contributed by atoms with Crippen molar-refractivity contribution in [3.8, 4) is 11.5 Å². The average molecular weight is 666 g/mol. The van der Waals surface area contributed by atoms with Crippen LogP contribution in [0.1, 0.15) is 55.0 Å². The number of rotatable bonds is 12. The molecule has 2 aromatic carbocycles. The van der Waals surface area contributed by atoms with Gasteiger partial charge in [0.25, 0.3) is 10.0 Å². The topological polar surface area (TPSA) is 96.9 Å². The lowest BCUT2D eigenvalue weighted by atomic mass is 9.85. The highest BCUT2D eigenvalue weighted by Gasteiger charge is 2.36. The number of nitrogens with one attached hydrogen (secondary N) is 1. The first-order valence-electron chi connectivity index (χ1n) is 15.4. The number of methoxy groups -OCH3 is 2. The van der Waals surface area contributed by atoms with Crippen LogP contribution < -0.4 is 19.1 Å². The number of likely N-dealkylation sites (tertiary alicyclic amines) is 1. The third-order valence-electron chi connectivity index (χ3n) is 8.37. The number of ether oxygens (including phenoxy) is 2. The number of nitrogens with zero attached hydrogens (tertiary/aromatic N) is 4. The number of hydrogen-bond acceptors (Lipinski definition) is 8. The first kappa shape index (κ1) is 34.1. The van der Waals surface area contributed by atoms with Crippen molar-refractivity contribution < 1.29 is 26.7 Å². The van der Waals surface area contributed by atoms with Crippen LogP contribution in [0.25, 0.3) is 0 Å². The van der Waals surface area contributed by atoms with E-state index in [0.29, 0.717) is 46.0 Å². The highest BCUT2D eigenvalue weighted by Crippen LogP contribution is 2.38. The van der Waals surface area contributed by atoms with Gasteiger partial charge in [-0.1, -0.05) is 39.0 Å². The minimum absolute atomic E-state index is 0.112. The van der Waals surface area contributed by atoms with Crippen molar-refractivity contribution in [2.45, 2.75) is 64.2 Å². The van der Waals surface area contributed by atoms with E-state index in [1.165, 1.54) is 38.6 Å². The number of pyridine rings is 2. The monoisotopic (exact) mass is 665 g/mol. The second-order valence-corrected chi connectivity index (χ2v) is 14.4. The SMILES string of the molecule is COc1ccc(CN(c2cccc(F)n2)S(=O)(=O)c2ncc(NCc3c(F)cccc3CN3CCC3)c(C)c2C(C)(C)C)c(OC)c1. The van der Waals surface area contributed by atoms with E-state index in [-0.39, 0.29) is 29.8 Å². The van der Waals surface area contributed by atoms with E-state index in [9.17, 15) is 12.8 Å². The van der Waals surface area contributed by atoms with Gasteiger partial charge in [0, 0.05) is 35.8 Å². The van der Waals surface area contributed by atoms with Crippen LogP contribution in [-0.2, 0) is 35.1 Å². The summed E-state index contributed by atoms with van der Waals surface area (Å²) in [5.74, 6) is -0.322. The predicted molar refractivity (Wildman–Crippen MR) is 178 cm³/mol. The van der Waals surface area contributed by atoms with Gasteiger partial charge in [-0.3, -0.25) is 4.90 Å². The van der Waals surface area contributed by atoms with Gasteiger partial charge in [-0.2, -0.15) is 12.8 Å². The minimum Gasteiger partial charge on any atom is -0.497 e. The van der Waals surface area contributed by atoms with E-state index in [0.717, 1.165) is 35.4 Å². The number of benzene rings is 2. The van der Waals surface area contributed by atoms with Crippen molar-refractivity contribution >= 4 is 21.5 Å². The summed E-state index contributed by atoms with van der Waals surface area (Å²) in [7, 11) is -1.45. The third kappa shape index (κ3) is 7.33. The number of sulfonamides is 1. The molecule has 1 aliphatic heterocycles. The number of halogens is 2. The van der Waals surface area contributed by atoms with Crippen LogP contribution in [0.3, 0.4) is 0 Å². The van der Waals surface area contributed by atoms with E-state index in [4.69, 9.17) is 9.47 Å². The van der Waals surface area contributed by atoms with Gasteiger partial charge in [-0.25, -0.2) is 18.7 Å². The molecule has 1 fully saturated rings. The van der Waals surface area contributed by atoms with Crippen molar-refractivity contribution in [2.24, 2.45) is 0 Å². The Morgan fingerprint density at radius 1 is 1.00 bits per heavy atom. The molecule has 0 atom stereocenters. The fraction of sp³-hybridized carbons (Fsp3) is 0.371. The molecule has 9 nitrogen and oxygen atoms in total. The van der Waals surface area contributed by atoms with Crippen LogP contribution in [0.4, 0.5) is 20.3 Å². The number of aromatic nitrogens is 2. The van der Waals surface area contributed by atoms with Crippen LogP contribution in [0.15, 0.2) is 65.8 Å². The fourth-order valence-electron chi connectivity index (χ4n) is 5.82. The van der Waals surface area contributed by atoms with Crippen molar-refractivity contribution in [3.05, 3.63) is 100 Å². The van der Waals surface area contributed by atoms with Crippen molar-refractivity contribution in [2.75, 3.05) is 36.9 Å². The Labute approximate surface area is 275 Å². The molecular weight excluding hydrogens is 624 g/mol. The molecule has 1 saturated heterocycles. The summed E-state index contributed by atoms with van der Waals surface area (Å²) in [5.41, 5.74) is 3.00. The molecular formula is C35H41F2N5O4S. The lowest BCUT2D eigenvalue weighted by molar-refractivity contribution is 0.172. The lowest BCUT2D eigenvalue weighted by Gasteiger charge is -2.31. The zero-order valence-electron chi connectivity index (χ0n) is 27.6. The molecule has 1 N–H and O–H groups in total. The Hall–Kier alpha value is -4.29. The molecule has 0 amide bonds. The normalized spacial score (nSPS) is 13.6. The molecule has 3 heterocycles. The van der Waals surface area contributed by atoms with Gasteiger partial charge in [0.05, 0.1) is 32.6 Å². The highest BCUT2D eigenvalue weighted by molar-refractivity contribution is 7.92. The molecule has 47 heavy (non-hydrogen) atoms. The molecule has 12 heteroatoms. The fourth-order valence-corrected chi connectivity index (χ4v) is 7.59. The van der Waals surface area contributed by atoms with E-state index < -0.39 is 21.4 Å². The molecule has 0 spiro atoms. The van der Waals surface area contributed by atoms with Crippen molar-refractivity contribution in [1.82, 2.24) is 14.9 Å². The minimum atomic E-state index is -4.44.